The average Bonchev–Trinajstić information content (AvgIpc) is 3.14. The normalized spacial score (nSPS) is 26.9. The Balaban J connectivity index is 1.45. The molecule has 184 valence electrons. The van der Waals surface area contributed by atoms with Gasteiger partial charge in [0.05, 0.1) is 24.8 Å². The summed E-state index contributed by atoms with van der Waals surface area (Å²) in [6.07, 6.45) is 4.74. The summed E-state index contributed by atoms with van der Waals surface area (Å²) in [6, 6.07) is 4.88. The summed E-state index contributed by atoms with van der Waals surface area (Å²) in [5.74, 6) is 0.567. The zero-order chi connectivity index (χ0) is 24.3. The molecule has 0 saturated heterocycles. The summed E-state index contributed by atoms with van der Waals surface area (Å²) in [5.41, 5.74) is 9.14. The van der Waals surface area contributed by atoms with Gasteiger partial charge in [0.25, 0.3) is 0 Å². The number of hydrogen-bond donors (Lipinski definition) is 4. The molecule has 1 aromatic rings. The Morgan fingerprint density at radius 3 is 2.76 bits per heavy atom. The van der Waals surface area contributed by atoms with E-state index in [1.165, 1.54) is 6.07 Å². The molecule has 1 saturated carbocycles. The van der Waals surface area contributed by atoms with Crippen LogP contribution in [0.2, 0.25) is 0 Å². The van der Waals surface area contributed by atoms with Gasteiger partial charge in [-0.1, -0.05) is 30.4 Å². The molecule has 0 amide bonds. The number of allylic oxidation sites excluding steroid dienone is 2. The highest BCUT2D eigenvalue weighted by molar-refractivity contribution is 7.46. The Labute approximate surface area is 191 Å². The van der Waals surface area contributed by atoms with Gasteiger partial charge in [-0.15, -0.1) is 0 Å². The lowest BCUT2D eigenvalue weighted by atomic mass is 9.82. The first-order valence-electron chi connectivity index (χ1n) is 10.8. The summed E-state index contributed by atoms with van der Waals surface area (Å²) < 4.78 is 54.0. The van der Waals surface area contributed by atoms with Crippen molar-refractivity contribution in [2.75, 3.05) is 6.61 Å². The van der Waals surface area contributed by atoms with Gasteiger partial charge >= 0.3 is 14.0 Å². The van der Waals surface area contributed by atoms with Crippen molar-refractivity contribution in [3.63, 3.8) is 0 Å². The molecule has 1 aromatic carbocycles. The van der Waals surface area contributed by atoms with Crippen LogP contribution in [0.1, 0.15) is 43.7 Å². The maximum absolute atomic E-state index is 12.8. The smallest absolute Gasteiger partial charge is 0.323 e. The first-order chi connectivity index (χ1) is 15.3. The Bertz CT molecular complexity index is 933. The van der Waals surface area contributed by atoms with Crippen molar-refractivity contribution >= 4 is 7.82 Å². The highest BCUT2D eigenvalue weighted by Crippen LogP contribution is 2.44. The summed E-state index contributed by atoms with van der Waals surface area (Å²) in [5, 5.41) is 0. The van der Waals surface area contributed by atoms with Crippen molar-refractivity contribution < 1.29 is 36.9 Å². The van der Waals surface area contributed by atoms with Gasteiger partial charge in [0.15, 0.2) is 0 Å². The van der Waals surface area contributed by atoms with E-state index in [1.807, 2.05) is 13.0 Å². The fraction of sp³-hybridized carbons (Fsp3) is 0.545. The predicted octanol–water partition coefficient (Wildman–Crippen LogP) is 4.22. The molecule has 33 heavy (non-hydrogen) atoms. The lowest BCUT2D eigenvalue weighted by Crippen LogP contribution is -2.42. The molecule has 3 rings (SSSR count). The molecule has 4 atom stereocenters. The second-order valence-corrected chi connectivity index (χ2v) is 10.2. The Hall–Kier alpha value is -1.52. The van der Waals surface area contributed by atoms with Gasteiger partial charge in [0, 0.05) is 5.54 Å². The number of hydroxylamine groups is 1. The van der Waals surface area contributed by atoms with E-state index in [0.29, 0.717) is 24.3 Å². The van der Waals surface area contributed by atoms with E-state index in [9.17, 15) is 17.7 Å². The van der Waals surface area contributed by atoms with Gasteiger partial charge in [-0.05, 0) is 67.7 Å². The second kappa shape index (κ2) is 10.4. The number of alkyl halides is 3. The standard InChI is InChI=1S/C22H30F3N2O5P/c1-15(27-31-13-16-3-2-4-20(11-16)22(23,24)25)17-5-7-18(8-6-17)19-9-10-21(26,12-19)14-32-33(28,29)30/h2-7,11,15,18-19,27H,8-10,12-14,26H2,1H3,(H2,28,29,30)/t15?,18?,19-,21-/m1/s1. The molecule has 2 aliphatic carbocycles. The average molecular weight is 490 g/mol. The van der Waals surface area contributed by atoms with E-state index in [-0.39, 0.29) is 25.2 Å². The second-order valence-electron chi connectivity index (χ2n) is 8.92. The van der Waals surface area contributed by atoms with E-state index < -0.39 is 25.1 Å². The molecule has 0 aliphatic heterocycles. The van der Waals surface area contributed by atoms with Gasteiger partial charge in [0.2, 0.25) is 0 Å². The SMILES string of the molecule is CC(NOCc1cccc(C(F)(F)F)c1)C1=CCC([C@@H]2CC[C@](N)(COP(=O)(O)O)C2)C=C1. The zero-order valence-corrected chi connectivity index (χ0v) is 19.2. The van der Waals surface area contributed by atoms with E-state index in [4.69, 9.17) is 20.4 Å². The van der Waals surface area contributed by atoms with Crippen LogP contribution < -0.4 is 11.2 Å². The van der Waals surface area contributed by atoms with E-state index >= 15 is 0 Å². The minimum Gasteiger partial charge on any atom is -0.323 e. The van der Waals surface area contributed by atoms with Gasteiger partial charge in [-0.3, -0.25) is 9.36 Å². The number of hydrogen-bond acceptors (Lipinski definition) is 5. The number of nitrogens with two attached hydrogens (primary N) is 1. The van der Waals surface area contributed by atoms with Crippen LogP contribution in [-0.4, -0.2) is 28.0 Å². The first-order valence-corrected chi connectivity index (χ1v) is 12.3. The summed E-state index contributed by atoms with van der Waals surface area (Å²) in [6.45, 7) is 1.74. The molecule has 2 unspecified atom stereocenters. The van der Waals surface area contributed by atoms with Crippen molar-refractivity contribution in [3.05, 3.63) is 59.2 Å². The number of benzene rings is 1. The maximum atomic E-state index is 12.8. The van der Waals surface area contributed by atoms with Crippen LogP contribution in [0.4, 0.5) is 13.2 Å². The highest BCUT2D eigenvalue weighted by Gasteiger charge is 2.40. The largest absolute Gasteiger partial charge is 0.469 e. The van der Waals surface area contributed by atoms with Gasteiger partial charge < -0.3 is 15.5 Å². The third-order valence-electron chi connectivity index (χ3n) is 6.22. The summed E-state index contributed by atoms with van der Waals surface area (Å²) in [4.78, 5) is 23.2. The summed E-state index contributed by atoms with van der Waals surface area (Å²) >= 11 is 0. The number of phosphoric acid groups is 1. The Kier molecular flexibility index (Phi) is 8.22. The van der Waals surface area contributed by atoms with Gasteiger partial charge in [-0.25, -0.2) is 4.57 Å². The zero-order valence-electron chi connectivity index (χ0n) is 18.3. The van der Waals surface area contributed by atoms with Crippen molar-refractivity contribution in [3.8, 4) is 0 Å². The molecule has 2 aliphatic rings. The lowest BCUT2D eigenvalue weighted by Gasteiger charge is -2.27. The fourth-order valence-electron chi connectivity index (χ4n) is 4.39. The maximum Gasteiger partial charge on any atom is 0.469 e. The van der Waals surface area contributed by atoms with Crippen LogP contribution in [0.25, 0.3) is 0 Å². The molecule has 11 heteroatoms. The third kappa shape index (κ3) is 7.75. The lowest BCUT2D eigenvalue weighted by molar-refractivity contribution is -0.137. The third-order valence-corrected chi connectivity index (χ3v) is 6.69. The molecular formula is C22H30F3N2O5P. The number of phosphoric ester groups is 1. The van der Waals surface area contributed by atoms with E-state index in [0.717, 1.165) is 30.5 Å². The van der Waals surface area contributed by atoms with Gasteiger partial charge in [-0.2, -0.15) is 18.7 Å². The minimum atomic E-state index is -4.54. The number of nitrogens with one attached hydrogen (secondary N) is 1. The van der Waals surface area contributed by atoms with Crippen LogP contribution in [0, 0.1) is 11.8 Å². The predicted molar refractivity (Wildman–Crippen MR) is 116 cm³/mol. The van der Waals surface area contributed by atoms with Crippen LogP contribution in [0.5, 0.6) is 0 Å². The van der Waals surface area contributed by atoms with Crippen LogP contribution >= 0.6 is 7.82 Å². The van der Waals surface area contributed by atoms with Gasteiger partial charge in [0.1, 0.15) is 0 Å². The molecular weight excluding hydrogens is 460 g/mol. The molecule has 1 fully saturated rings. The van der Waals surface area contributed by atoms with E-state index in [2.05, 4.69) is 22.2 Å². The molecule has 0 aromatic heterocycles. The highest BCUT2D eigenvalue weighted by atomic mass is 31.2. The molecule has 0 spiro atoms. The first kappa shape index (κ1) is 26.1. The Morgan fingerprint density at radius 1 is 1.36 bits per heavy atom. The molecule has 0 heterocycles. The molecule has 7 nitrogen and oxygen atoms in total. The monoisotopic (exact) mass is 490 g/mol. The van der Waals surface area contributed by atoms with Crippen LogP contribution in [0.3, 0.4) is 0 Å². The van der Waals surface area contributed by atoms with Crippen LogP contribution in [-0.2, 0) is 26.7 Å². The number of rotatable bonds is 9. The Morgan fingerprint density at radius 2 is 2.12 bits per heavy atom. The fourth-order valence-corrected chi connectivity index (χ4v) is 4.81. The summed E-state index contributed by atoms with van der Waals surface area (Å²) in [7, 11) is -4.54. The van der Waals surface area contributed by atoms with Crippen molar-refractivity contribution in [2.45, 2.75) is 57.0 Å². The quantitative estimate of drug-likeness (QED) is 0.303. The van der Waals surface area contributed by atoms with Crippen LogP contribution in [0.15, 0.2) is 48.1 Å². The van der Waals surface area contributed by atoms with Crippen molar-refractivity contribution in [2.24, 2.45) is 17.6 Å². The topological polar surface area (TPSA) is 114 Å². The molecule has 0 bridgehead atoms. The van der Waals surface area contributed by atoms with E-state index in [1.54, 1.807) is 6.07 Å². The van der Waals surface area contributed by atoms with Crippen molar-refractivity contribution in [1.82, 2.24) is 5.48 Å². The molecule has 0 radical (unpaired) electrons. The minimum absolute atomic E-state index is 0.00518. The molecule has 5 N–H and O–H groups in total. The van der Waals surface area contributed by atoms with Crippen molar-refractivity contribution in [1.29, 1.82) is 0 Å². The number of halogens is 3.